The van der Waals surface area contributed by atoms with Gasteiger partial charge in [-0.3, -0.25) is 4.79 Å². The summed E-state index contributed by atoms with van der Waals surface area (Å²) in [6.45, 7) is 3.98. The molecule has 2 rings (SSSR count). The second-order valence-corrected chi connectivity index (χ2v) is 6.33. The lowest BCUT2D eigenvalue weighted by Crippen LogP contribution is -2.20. The van der Waals surface area contributed by atoms with E-state index in [0.717, 1.165) is 18.4 Å². The average Bonchev–Trinajstić information content (AvgIpc) is 3.18. The number of carbonyl (C=O) groups excluding carboxylic acids is 2. The van der Waals surface area contributed by atoms with Crippen LogP contribution in [0.1, 0.15) is 61.4 Å². The molecule has 1 fully saturated rings. The zero-order valence-corrected chi connectivity index (χ0v) is 13.3. The molecule has 116 valence electrons. The molecule has 5 nitrogen and oxygen atoms in total. The largest absolute Gasteiger partial charge is 0.462 e. The summed E-state index contributed by atoms with van der Waals surface area (Å²) in [5, 5.41) is 5.40. The van der Waals surface area contributed by atoms with Crippen LogP contribution >= 0.6 is 11.3 Å². The average molecular weight is 310 g/mol. The van der Waals surface area contributed by atoms with Crippen molar-refractivity contribution in [2.24, 2.45) is 5.73 Å². The normalized spacial score (nSPS) is 15.6. The Bertz CT molecular complexity index is 521. The molecule has 0 aromatic carbocycles. The fraction of sp³-hybridized carbons (Fsp3) is 0.600. The topological polar surface area (TPSA) is 81.4 Å². The highest BCUT2D eigenvalue weighted by atomic mass is 32.1. The summed E-state index contributed by atoms with van der Waals surface area (Å²) in [6, 6.07) is -0.00867. The summed E-state index contributed by atoms with van der Waals surface area (Å²) in [6.07, 6.45) is 3.18. The monoisotopic (exact) mass is 310 g/mol. The number of anilines is 1. The molecule has 1 saturated carbocycles. The van der Waals surface area contributed by atoms with Crippen molar-refractivity contribution in [2.75, 3.05) is 11.9 Å². The summed E-state index contributed by atoms with van der Waals surface area (Å²) < 4.78 is 5.12. The Labute approximate surface area is 128 Å². The van der Waals surface area contributed by atoms with Crippen LogP contribution < -0.4 is 11.1 Å². The van der Waals surface area contributed by atoms with Gasteiger partial charge in [0.15, 0.2) is 0 Å². The van der Waals surface area contributed by atoms with E-state index in [2.05, 4.69) is 5.32 Å². The molecule has 0 saturated heterocycles. The lowest BCUT2D eigenvalue weighted by atomic mass is 10.1. The van der Waals surface area contributed by atoms with Crippen molar-refractivity contribution in [1.82, 2.24) is 0 Å². The Morgan fingerprint density at radius 1 is 1.52 bits per heavy atom. The van der Waals surface area contributed by atoms with Gasteiger partial charge in [0.1, 0.15) is 5.00 Å². The van der Waals surface area contributed by atoms with E-state index in [1.54, 1.807) is 6.92 Å². The van der Waals surface area contributed by atoms with Crippen LogP contribution in [0, 0.1) is 0 Å². The van der Waals surface area contributed by atoms with Crippen molar-refractivity contribution < 1.29 is 14.3 Å². The van der Waals surface area contributed by atoms with Gasteiger partial charge >= 0.3 is 5.97 Å². The van der Waals surface area contributed by atoms with Gasteiger partial charge in [-0.2, -0.15) is 0 Å². The quantitative estimate of drug-likeness (QED) is 0.759. The van der Waals surface area contributed by atoms with E-state index >= 15 is 0 Å². The van der Waals surface area contributed by atoms with E-state index < -0.39 is 0 Å². The molecular formula is C15H22N2O3S. The fourth-order valence-corrected chi connectivity index (χ4v) is 3.17. The molecule has 0 bridgehead atoms. The van der Waals surface area contributed by atoms with Crippen LogP contribution in [0.15, 0.2) is 5.38 Å². The third-order valence-electron chi connectivity index (χ3n) is 3.40. The first-order valence-corrected chi connectivity index (χ1v) is 8.24. The molecule has 1 aliphatic carbocycles. The summed E-state index contributed by atoms with van der Waals surface area (Å²) in [7, 11) is 0. The standard InChI is InChI=1S/C15H22N2O3S/c1-3-20-15(19)13-11(10-5-6-10)8-21-14(13)17-12(18)7-4-9(2)16/h8-10H,3-7,16H2,1-2H3,(H,17,18). The molecular weight excluding hydrogens is 288 g/mol. The minimum atomic E-state index is -0.344. The number of esters is 1. The molecule has 1 aromatic rings. The zero-order valence-electron chi connectivity index (χ0n) is 12.5. The van der Waals surface area contributed by atoms with E-state index in [0.29, 0.717) is 35.9 Å². The molecule has 1 amide bonds. The first kappa shape index (κ1) is 16.0. The van der Waals surface area contributed by atoms with Crippen molar-refractivity contribution >= 4 is 28.2 Å². The van der Waals surface area contributed by atoms with E-state index in [1.807, 2.05) is 12.3 Å². The van der Waals surface area contributed by atoms with Crippen LogP contribution in [0.4, 0.5) is 5.00 Å². The molecule has 0 radical (unpaired) electrons. The summed E-state index contributed by atoms with van der Waals surface area (Å²) in [5.41, 5.74) is 7.21. The number of nitrogens with two attached hydrogens (primary N) is 1. The van der Waals surface area contributed by atoms with Crippen molar-refractivity contribution in [3.05, 3.63) is 16.5 Å². The fourth-order valence-electron chi connectivity index (χ4n) is 2.12. The highest BCUT2D eigenvalue weighted by molar-refractivity contribution is 7.15. The van der Waals surface area contributed by atoms with Crippen molar-refractivity contribution in [2.45, 2.75) is 51.5 Å². The molecule has 1 heterocycles. The number of ether oxygens (including phenoxy) is 1. The smallest absolute Gasteiger partial charge is 0.341 e. The van der Waals surface area contributed by atoms with E-state index in [9.17, 15) is 9.59 Å². The zero-order chi connectivity index (χ0) is 15.4. The van der Waals surface area contributed by atoms with Gasteiger partial charge in [-0.15, -0.1) is 11.3 Å². The first-order chi connectivity index (χ1) is 10.0. The minimum absolute atomic E-state index is 0.00867. The Balaban J connectivity index is 2.11. The van der Waals surface area contributed by atoms with Gasteiger partial charge in [0.2, 0.25) is 5.91 Å². The maximum Gasteiger partial charge on any atom is 0.341 e. The van der Waals surface area contributed by atoms with Crippen molar-refractivity contribution in [3.8, 4) is 0 Å². The lowest BCUT2D eigenvalue weighted by molar-refractivity contribution is -0.116. The Kier molecular flexibility index (Phi) is 5.36. The maximum atomic E-state index is 12.1. The molecule has 3 N–H and O–H groups in total. The number of carbonyl (C=O) groups is 2. The van der Waals surface area contributed by atoms with Gasteiger partial charge in [-0.25, -0.2) is 4.79 Å². The van der Waals surface area contributed by atoms with E-state index in [-0.39, 0.29) is 17.9 Å². The van der Waals surface area contributed by atoms with Crippen LogP contribution in [-0.4, -0.2) is 24.5 Å². The highest BCUT2D eigenvalue weighted by Gasteiger charge is 2.32. The molecule has 0 spiro atoms. The number of thiophene rings is 1. The van der Waals surface area contributed by atoms with E-state index in [4.69, 9.17) is 10.5 Å². The van der Waals surface area contributed by atoms with Crippen LogP contribution in [0.25, 0.3) is 0 Å². The van der Waals surface area contributed by atoms with Gasteiger partial charge in [-0.05, 0) is 50.0 Å². The summed E-state index contributed by atoms with van der Waals surface area (Å²) >= 11 is 1.40. The summed E-state index contributed by atoms with van der Waals surface area (Å²) in [4.78, 5) is 24.1. The minimum Gasteiger partial charge on any atom is -0.462 e. The molecule has 1 aromatic heterocycles. The van der Waals surface area contributed by atoms with Crippen LogP contribution in [-0.2, 0) is 9.53 Å². The van der Waals surface area contributed by atoms with Crippen molar-refractivity contribution in [3.63, 3.8) is 0 Å². The third kappa shape index (κ3) is 4.28. The van der Waals surface area contributed by atoms with Gasteiger partial charge in [0, 0.05) is 12.5 Å². The number of amides is 1. The Morgan fingerprint density at radius 3 is 2.81 bits per heavy atom. The lowest BCUT2D eigenvalue weighted by Gasteiger charge is -2.09. The van der Waals surface area contributed by atoms with Crippen molar-refractivity contribution in [1.29, 1.82) is 0 Å². The molecule has 21 heavy (non-hydrogen) atoms. The third-order valence-corrected chi connectivity index (χ3v) is 4.31. The first-order valence-electron chi connectivity index (χ1n) is 7.36. The van der Waals surface area contributed by atoms with Crippen LogP contribution in [0.5, 0.6) is 0 Å². The van der Waals surface area contributed by atoms with Gasteiger partial charge < -0.3 is 15.8 Å². The second kappa shape index (κ2) is 7.04. The molecule has 1 atom stereocenters. The summed E-state index contributed by atoms with van der Waals surface area (Å²) in [5.74, 6) is -0.0134. The number of hydrogen-bond donors (Lipinski definition) is 2. The predicted octanol–water partition coefficient (Wildman–Crippen LogP) is 2.87. The SMILES string of the molecule is CCOC(=O)c1c(C2CC2)csc1NC(=O)CCC(C)N. The van der Waals surface area contributed by atoms with Gasteiger partial charge in [0.05, 0.1) is 12.2 Å². The Hall–Kier alpha value is -1.40. The Morgan fingerprint density at radius 2 is 2.24 bits per heavy atom. The number of rotatable bonds is 7. The van der Waals surface area contributed by atoms with Gasteiger partial charge in [-0.1, -0.05) is 0 Å². The molecule has 1 unspecified atom stereocenters. The van der Waals surface area contributed by atoms with Gasteiger partial charge in [0.25, 0.3) is 0 Å². The van der Waals surface area contributed by atoms with Crippen LogP contribution in [0.3, 0.4) is 0 Å². The maximum absolute atomic E-state index is 12.1. The van der Waals surface area contributed by atoms with Crippen LogP contribution in [0.2, 0.25) is 0 Å². The number of hydrogen-bond acceptors (Lipinski definition) is 5. The number of nitrogens with one attached hydrogen (secondary N) is 1. The second-order valence-electron chi connectivity index (χ2n) is 5.45. The molecule has 0 aliphatic heterocycles. The molecule has 1 aliphatic rings. The molecule has 6 heteroatoms. The predicted molar refractivity (Wildman–Crippen MR) is 83.8 cm³/mol. The highest BCUT2D eigenvalue weighted by Crippen LogP contribution is 2.46. The van der Waals surface area contributed by atoms with E-state index in [1.165, 1.54) is 11.3 Å².